The number of rotatable bonds is 5. The zero-order chi connectivity index (χ0) is 24.0. The van der Waals surface area contributed by atoms with E-state index in [4.69, 9.17) is 27.9 Å². The molecule has 1 aromatic carbocycles. The number of aromatic amines is 1. The highest BCUT2D eigenvalue weighted by atomic mass is 35.5. The summed E-state index contributed by atoms with van der Waals surface area (Å²) in [5, 5.41) is 9.47. The predicted octanol–water partition coefficient (Wildman–Crippen LogP) is 4.83. The van der Waals surface area contributed by atoms with Crippen LogP contribution in [0.4, 0.5) is 5.95 Å². The molecule has 10 heteroatoms. The van der Waals surface area contributed by atoms with Crippen molar-refractivity contribution in [3.05, 3.63) is 58.6 Å². The smallest absolute Gasteiger partial charge is 0.225 e. The van der Waals surface area contributed by atoms with Crippen molar-refractivity contribution >= 4 is 40.1 Å². The first-order chi connectivity index (χ1) is 17.0. The monoisotopic (exact) mass is 509 g/mol. The number of likely N-dealkylation sites (tertiary alicyclic amines) is 1. The van der Waals surface area contributed by atoms with Crippen molar-refractivity contribution in [1.82, 2.24) is 30.0 Å². The molecule has 4 aromatic rings. The van der Waals surface area contributed by atoms with E-state index in [0.717, 1.165) is 41.2 Å². The molecule has 1 N–H and O–H groups in total. The molecule has 0 aliphatic carbocycles. The predicted molar refractivity (Wildman–Crippen MR) is 137 cm³/mol. The van der Waals surface area contributed by atoms with E-state index in [1.165, 1.54) is 25.9 Å². The Bertz CT molecular complexity index is 1340. The van der Waals surface area contributed by atoms with Crippen LogP contribution < -0.4 is 9.64 Å². The molecule has 2 aliphatic heterocycles. The van der Waals surface area contributed by atoms with Gasteiger partial charge in [-0.25, -0.2) is 9.97 Å². The summed E-state index contributed by atoms with van der Waals surface area (Å²) in [6.07, 6.45) is 9.31. The van der Waals surface area contributed by atoms with Crippen LogP contribution in [-0.2, 0) is 6.61 Å². The van der Waals surface area contributed by atoms with Gasteiger partial charge < -0.3 is 14.5 Å². The van der Waals surface area contributed by atoms with Crippen molar-refractivity contribution in [3.8, 4) is 17.0 Å². The van der Waals surface area contributed by atoms with Gasteiger partial charge in [-0.05, 0) is 51.2 Å². The molecule has 2 aliphatic rings. The second kappa shape index (κ2) is 8.93. The number of fused-ring (bicyclic) bond motifs is 1. The maximum atomic E-state index is 6.22. The largest absolute Gasteiger partial charge is 0.489 e. The van der Waals surface area contributed by atoms with Gasteiger partial charge in [0.1, 0.15) is 18.1 Å². The van der Waals surface area contributed by atoms with Crippen LogP contribution in [0.2, 0.25) is 10.0 Å². The van der Waals surface area contributed by atoms with Crippen LogP contribution in [0, 0.1) is 5.41 Å². The zero-order valence-corrected chi connectivity index (χ0v) is 20.9. The van der Waals surface area contributed by atoms with E-state index in [1.807, 2.05) is 30.6 Å². The summed E-state index contributed by atoms with van der Waals surface area (Å²) in [5.74, 6) is 1.47. The number of benzene rings is 1. The summed E-state index contributed by atoms with van der Waals surface area (Å²) in [5.41, 5.74) is 3.68. The Balaban J connectivity index is 1.17. The topological polar surface area (TPSA) is 83.1 Å². The lowest BCUT2D eigenvalue weighted by atomic mass is 9.72. The summed E-state index contributed by atoms with van der Waals surface area (Å²) in [7, 11) is 2.20. The summed E-state index contributed by atoms with van der Waals surface area (Å²) in [6.45, 7) is 4.67. The Morgan fingerprint density at radius 3 is 2.46 bits per heavy atom. The van der Waals surface area contributed by atoms with Gasteiger partial charge in [-0.15, -0.1) is 0 Å². The minimum atomic E-state index is 0.240. The third-order valence-corrected chi connectivity index (χ3v) is 7.82. The lowest BCUT2D eigenvalue weighted by Crippen LogP contribution is -2.60. The zero-order valence-electron chi connectivity index (χ0n) is 19.3. The van der Waals surface area contributed by atoms with E-state index in [-0.39, 0.29) is 6.61 Å². The lowest BCUT2D eigenvalue weighted by molar-refractivity contribution is 0.0894. The number of anilines is 1. The number of piperidine rings is 1. The lowest BCUT2D eigenvalue weighted by Gasteiger charge is -2.53. The fourth-order valence-corrected chi connectivity index (χ4v) is 5.43. The van der Waals surface area contributed by atoms with Gasteiger partial charge >= 0.3 is 0 Å². The molecule has 6 rings (SSSR count). The van der Waals surface area contributed by atoms with Gasteiger partial charge in [0.05, 0.1) is 15.6 Å². The highest BCUT2D eigenvalue weighted by molar-refractivity contribution is 6.35. The Morgan fingerprint density at radius 1 is 1.03 bits per heavy atom. The Morgan fingerprint density at radius 2 is 1.74 bits per heavy atom. The summed E-state index contributed by atoms with van der Waals surface area (Å²) in [4.78, 5) is 18.0. The molecular formula is C25H25Cl2N7O. The second-order valence-corrected chi connectivity index (χ2v) is 10.4. The molecule has 1 spiro atoms. The minimum absolute atomic E-state index is 0.240. The van der Waals surface area contributed by atoms with Gasteiger partial charge in [0, 0.05) is 59.8 Å². The number of ether oxygens (including phenoxy) is 1. The number of halogens is 2. The van der Waals surface area contributed by atoms with Gasteiger partial charge in [0.25, 0.3) is 0 Å². The molecule has 0 amide bonds. The van der Waals surface area contributed by atoms with Crippen molar-refractivity contribution < 1.29 is 4.74 Å². The highest BCUT2D eigenvalue weighted by Gasteiger charge is 2.45. The SMILES string of the molecule is CN1CCC2(CC1)CN(c1ncc(-c3n[nH]c4ccc(OCc5c(Cl)cncc5Cl)cc34)cn1)C2. The standard InChI is InChI=1S/C25H25Cl2N7O/c1-33-6-4-25(5-7-33)14-34(15-25)24-29-9-16(10-30-24)23-18-8-17(2-3-22(18)31-32-23)35-13-19-20(26)11-28-12-21(19)27/h2-3,8-12H,4-7,13-15H2,1H3,(H,31,32). The molecule has 3 aromatic heterocycles. The first kappa shape index (κ1) is 22.5. The first-order valence-corrected chi connectivity index (χ1v) is 12.4. The third-order valence-electron chi connectivity index (χ3n) is 7.16. The van der Waals surface area contributed by atoms with Crippen molar-refractivity contribution in [2.24, 2.45) is 5.41 Å². The van der Waals surface area contributed by atoms with Crippen LogP contribution in [0.1, 0.15) is 18.4 Å². The maximum Gasteiger partial charge on any atom is 0.225 e. The van der Waals surface area contributed by atoms with E-state index in [2.05, 4.69) is 42.0 Å². The normalized spacial score (nSPS) is 17.6. The summed E-state index contributed by atoms with van der Waals surface area (Å²) >= 11 is 12.4. The van der Waals surface area contributed by atoms with E-state index in [9.17, 15) is 0 Å². The highest BCUT2D eigenvalue weighted by Crippen LogP contribution is 2.41. The van der Waals surface area contributed by atoms with Gasteiger partial charge in [-0.1, -0.05) is 23.2 Å². The van der Waals surface area contributed by atoms with Crippen LogP contribution in [0.3, 0.4) is 0 Å². The van der Waals surface area contributed by atoms with Crippen molar-refractivity contribution in [3.63, 3.8) is 0 Å². The molecule has 0 radical (unpaired) electrons. The fraction of sp³-hybridized carbons (Fsp3) is 0.360. The molecule has 0 saturated carbocycles. The van der Waals surface area contributed by atoms with Crippen molar-refractivity contribution in [2.45, 2.75) is 19.4 Å². The Kier molecular flexibility index (Phi) is 5.75. The van der Waals surface area contributed by atoms with Crippen LogP contribution in [0.25, 0.3) is 22.2 Å². The van der Waals surface area contributed by atoms with Gasteiger partial charge in [-0.2, -0.15) is 5.10 Å². The van der Waals surface area contributed by atoms with Crippen LogP contribution >= 0.6 is 23.2 Å². The van der Waals surface area contributed by atoms with Crippen molar-refractivity contribution in [2.75, 3.05) is 38.1 Å². The number of nitrogens with zero attached hydrogens (tertiary/aromatic N) is 6. The van der Waals surface area contributed by atoms with Crippen LogP contribution in [-0.4, -0.2) is 63.3 Å². The number of aromatic nitrogens is 5. The maximum absolute atomic E-state index is 6.22. The third kappa shape index (κ3) is 4.30. The first-order valence-electron chi connectivity index (χ1n) is 11.6. The molecule has 180 valence electrons. The molecular weight excluding hydrogens is 485 g/mol. The number of hydrogen-bond donors (Lipinski definition) is 1. The average molecular weight is 510 g/mol. The molecule has 0 atom stereocenters. The molecule has 2 saturated heterocycles. The van der Waals surface area contributed by atoms with E-state index < -0.39 is 0 Å². The van der Waals surface area contributed by atoms with Gasteiger partial charge in [-0.3, -0.25) is 10.1 Å². The Hall–Kier alpha value is -2.94. The number of pyridine rings is 1. The molecule has 0 unspecified atom stereocenters. The molecule has 8 nitrogen and oxygen atoms in total. The van der Waals surface area contributed by atoms with E-state index in [0.29, 0.717) is 26.8 Å². The fourth-order valence-electron chi connectivity index (χ4n) is 4.96. The molecule has 35 heavy (non-hydrogen) atoms. The van der Waals surface area contributed by atoms with E-state index >= 15 is 0 Å². The quantitative estimate of drug-likeness (QED) is 0.412. The molecule has 5 heterocycles. The van der Waals surface area contributed by atoms with Crippen LogP contribution in [0.15, 0.2) is 43.0 Å². The van der Waals surface area contributed by atoms with Crippen molar-refractivity contribution in [1.29, 1.82) is 0 Å². The molecule has 2 fully saturated rings. The van der Waals surface area contributed by atoms with Crippen LogP contribution in [0.5, 0.6) is 5.75 Å². The minimum Gasteiger partial charge on any atom is -0.489 e. The molecule has 0 bridgehead atoms. The number of nitrogens with one attached hydrogen (secondary N) is 1. The Labute approximate surface area is 213 Å². The van der Waals surface area contributed by atoms with E-state index in [1.54, 1.807) is 12.4 Å². The summed E-state index contributed by atoms with van der Waals surface area (Å²) < 4.78 is 5.98. The summed E-state index contributed by atoms with van der Waals surface area (Å²) in [6, 6.07) is 5.77. The average Bonchev–Trinajstić information content (AvgIpc) is 3.26. The van der Waals surface area contributed by atoms with Gasteiger partial charge in [0.2, 0.25) is 5.95 Å². The van der Waals surface area contributed by atoms with Gasteiger partial charge in [0.15, 0.2) is 0 Å². The number of hydrogen-bond acceptors (Lipinski definition) is 7. The number of H-pyrrole nitrogens is 1. The second-order valence-electron chi connectivity index (χ2n) is 9.58.